The monoisotopic (exact) mass is 303 g/mol. The Morgan fingerprint density at radius 2 is 1.83 bits per heavy atom. The molecule has 0 unspecified atom stereocenters. The van der Waals surface area contributed by atoms with Gasteiger partial charge in [0.2, 0.25) is 0 Å². The predicted octanol–water partition coefficient (Wildman–Crippen LogP) is 4.40. The van der Waals surface area contributed by atoms with Crippen molar-refractivity contribution in [2.24, 2.45) is 0 Å². The molecule has 1 aromatic heterocycles. The molecule has 3 heteroatoms. The molecule has 1 N–H and O–H groups in total. The number of fused-ring (bicyclic) bond motifs is 1. The van der Waals surface area contributed by atoms with Gasteiger partial charge in [-0.3, -0.25) is 4.98 Å². The number of hydrogen-bond donors (Lipinski definition) is 1. The Morgan fingerprint density at radius 1 is 1.09 bits per heavy atom. The second kappa shape index (κ2) is 5.51. The molecule has 114 valence electrons. The lowest BCUT2D eigenvalue weighted by Crippen LogP contribution is -1.98. The highest BCUT2D eigenvalue weighted by molar-refractivity contribution is 5.87. The van der Waals surface area contributed by atoms with E-state index in [0.717, 1.165) is 17.5 Å². The first-order valence-corrected chi connectivity index (χ1v) is 7.91. The third-order valence-corrected chi connectivity index (χ3v) is 4.41. The molecule has 0 radical (unpaired) electrons. The molecule has 0 atom stereocenters. The summed E-state index contributed by atoms with van der Waals surface area (Å²) >= 11 is 0. The van der Waals surface area contributed by atoms with Crippen molar-refractivity contribution in [3.63, 3.8) is 0 Å². The molecule has 23 heavy (non-hydrogen) atoms. The Hall–Kier alpha value is -2.68. The van der Waals surface area contributed by atoms with Crippen LogP contribution in [0.15, 0.2) is 54.6 Å². The minimum Gasteiger partial charge on any atom is -0.478 e. The molecule has 1 heterocycles. The second-order valence-electron chi connectivity index (χ2n) is 6.18. The van der Waals surface area contributed by atoms with Crippen LogP contribution in [0, 0.1) is 0 Å². The van der Waals surface area contributed by atoms with E-state index >= 15 is 0 Å². The Bertz CT molecular complexity index is 880. The molecule has 3 nitrogen and oxygen atoms in total. The largest absolute Gasteiger partial charge is 0.478 e. The number of aromatic nitrogens is 1. The molecular weight excluding hydrogens is 286 g/mol. The average Bonchev–Trinajstić information content (AvgIpc) is 3.40. The molecule has 1 fully saturated rings. The van der Waals surface area contributed by atoms with E-state index in [0.29, 0.717) is 11.5 Å². The third-order valence-electron chi connectivity index (χ3n) is 4.41. The SMILES string of the molecule is O=C(O)c1ccc(Cc2cc(C3CC3)nc3ccccc23)cc1. The van der Waals surface area contributed by atoms with Crippen LogP contribution in [0.25, 0.3) is 10.9 Å². The normalized spacial score (nSPS) is 14.1. The quantitative estimate of drug-likeness (QED) is 0.777. The van der Waals surface area contributed by atoms with Gasteiger partial charge in [0.25, 0.3) is 0 Å². The fourth-order valence-electron chi connectivity index (χ4n) is 2.99. The molecule has 3 aromatic rings. The maximum atomic E-state index is 11.0. The number of rotatable bonds is 4. The van der Waals surface area contributed by atoms with E-state index in [4.69, 9.17) is 10.1 Å². The van der Waals surface area contributed by atoms with E-state index < -0.39 is 5.97 Å². The van der Waals surface area contributed by atoms with Crippen molar-refractivity contribution in [2.75, 3.05) is 0 Å². The van der Waals surface area contributed by atoms with Gasteiger partial charge in [-0.15, -0.1) is 0 Å². The molecule has 0 spiro atoms. The standard InChI is InChI=1S/C20H17NO2/c22-20(23)15-7-5-13(6-8-15)11-16-12-19(14-9-10-14)21-18-4-2-1-3-17(16)18/h1-8,12,14H,9-11H2,(H,22,23). The number of carbonyl (C=O) groups is 1. The summed E-state index contributed by atoms with van der Waals surface area (Å²) in [5.74, 6) is -0.269. The minimum absolute atomic E-state index is 0.326. The van der Waals surface area contributed by atoms with Crippen LogP contribution in [0.5, 0.6) is 0 Å². The van der Waals surface area contributed by atoms with Crippen LogP contribution < -0.4 is 0 Å². The molecule has 4 rings (SSSR count). The van der Waals surface area contributed by atoms with E-state index in [9.17, 15) is 4.79 Å². The van der Waals surface area contributed by atoms with Gasteiger partial charge in [-0.25, -0.2) is 4.79 Å². The summed E-state index contributed by atoms with van der Waals surface area (Å²) in [6.45, 7) is 0. The molecular formula is C20H17NO2. The molecule has 2 aromatic carbocycles. The van der Waals surface area contributed by atoms with Gasteiger partial charge < -0.3 is 5.11 Å². The van der Waals surface area contributed by atoms with Crippen LogP contribution >= 0.6 is 0 Å². The van der Waals surface area contributed by atoms with Crippen molar-refractivity contribution in [3.05, 3.63) is 77.0 Å². The Balaban J connectivity index is 1.73. The highest BCUT2D eigenvalue weighted by Gasteiger charge is 2.25. The Kier molecular flexibility index (Phi) is 3.34. The number of aromatic carboxylic acids is 1. The summed E-state index contributed by atoms with van der Waals surface area (Å²) in [5.41, 5.74) is 4.95. The first-order valence-electron chi connectivity index (χ1n) is 7.91. The zero-order chi connectivity index (χ0) is 15.8. The maximum Gasteiger partial charge on any atom is 0.335 e. The molecule has 1 saturated carbocycles. The first-order chi connectivity index (χ1) is 11.2. The third kappa shape index (κ3) is 2.82. The topological polar surface area (TPSA) is 50.2 Å². The molecule has 0 amide bonds. The summed E-state index contributed by atoms with van der Waals surface area (Å²) < 4.78 is 0. The number of nitrogens with zero attached hydrogens (tertiary/aromatic N) is 1. The molecule has 0 saturated heterocycles. The van der Waals surface area contributed by atoms with Crippen molar-refractivity contribution in [1.82, 2.24) is 4.98 Å². The zero-order valence-electron chi connectivity index (χ0n) is 12.7. The van der Waals surface area contributed by atoms with Crippen LogP contribution in [-0.2, 0) is 6.42 Å². The van der Waals surface area contributed by atoms with E-state index in [1.807, 2.05) is 24.3 Å². The Labute approximate surface area is 134 Å². The fraction of sp³-hybridized carbons (Fsp3) is 0.200. The summed E-state index contributed by atoms with van der Waals surface area (Å²) in [4.78, 5) is 15.8. The second-order valence-corrected chi connectivity index (χ2v) is 6.18. The summed E-state index contributed by atoms with van der Waals surface area (Å²) in [7, 11) is 0. The van der Waals surface area contributed by atoms with Gasteiger partial charge >= 0.3 is 5.97 Å². The lowest BCUT2D eigenvalue weighted by atomic mass is 9.98. The minimum atomic E-state index is -0.887. The van der Waals surface area contributed by atoms with Crippen LogP contribution in [0.3, 0.4) is 0 Å². The van der Waals surface area contributed by atoms with Crippen LogP contribution in [0.2, 0.25) is 0 Å². The van der Waals surface area contributed by atoms with Crippen molar-refractivity contribution < 1.29 is 9.90 Å². The number of pyridine rings is 1. The number of benzene rings is 2. The van der Waals surface area contributed by atoms with Crippen LogP contribution in [-0.4, -0.2) is 16.1 Å². The molecule has 0 bridgehead atoms. The maximum absolute atomic E-state index is 11.0. The van der Waals surface area contributed by atoms with Gasteiger partial charge in [-0.05, 0) is 54.7 Å². The summed E-state index contributed by atoms with van der Waals surface area (Å²) in [6, 6.07) is 17.6. The van der Waals surface area contributed by atoms with Gasteiger partial charge in [0.1, 0.15) is 0 Å². The van der Waals surface area contributed by atoms with Gasteiger partial charge in [-0.2, -0.15) is 0 Å². The molecule has 1 aliphatic carbocycles. The smallest absolute Gasteiger partial charge is 0.335 e. The van der Waals surface area contributed by atoms with E-state index in [2.05, 4.69) is 18.2 Å². The average molecular weight is 303 g/mol. The first kappa shape index (κ1) is 13.9. The highest BCUT2D eigenvalue weighted by atomic mass is 16.4. The fourth-order valence-corrected chi connectivity index (χ4v) is 2.99. The predicted molar refractivity (Wildman–Crippen MR) is 89.9 cm³/mol. The number of carboxylic acid groups (broad SMARTS) is 1. The summed E-state index contributed by atoms with van der Waals surface area (Å²) in [6.07, 6.45) is 3.26. The van der Waals surface area contributed by atoms with Gasteiger partial charge in [0.15, 0.2) is 0 Å². The highest BCUT2D eigenvalue weighted by Crippen LogP contribution is 2.40. The Morgan fingerprint density at radius 3 is 2.52 bits per heavy atom. The van der Waals surface area contributed by atoms with Crippen LogP contribution in [0.1, 0.15) is 45.9 Å². The van der Waals surface area contributed by atoms with Gasteiger partial charge in [0.05, 0.1) is 11.1 Å². The van der Waals surface area contributed by atoms with Crippen molar-refractivity contribution in [2.45, 2.75) is 25.2 Å². The zero-order valence-corrected chi connectivity index (χ0v) is 12.7. The van der Waals surface area contributed by atoms with E-state index in [1.54, 1.807) is 12.1 Å². The number of para-hydroxylation sites is 1. The molecule has 1 aliphatic rings. The number of hydrogen-bond acceptors (Lipinski definition) is 2. The van der Waals surface area contributed by atoms with Crippen molar-refractivity contribution in [1.29, 1.82) is 0 Å². The van der Waals surface area contributed by atoms with Crippen molar-refractivity contribution in [3.8, 4) is 0 Å². The van der Waals surface area contributed by atoms with Gasteiger partial charge in [-0.1, -0.05) is 30.3 Å². The number of carboxylic acids is 1. The lowest BCUT2D eigenvalue weighted by molar-refractivity contribution is 0.0697. The van der Waals surface area contributed by atoms with Crippen molar-refractivity contribution >= 4 is 16.9 Å². The van der Waals surface area contributed by atoms with E-state index in [-0.39, 0.29) is 0 Å². The summed E-state index contributed by atoms with van der Waals surface area (Å²) in [5, 5.41) is 10.2. The van der Waals surface area contributed by atoms with Crippen LogP contribution in [0.4, 0.5) is 0 Å². The van der Waals surface area contributed by atoms with Gasteiger partial charge in [0, 0.05) is 17.0 Å². The molecule has 0 aliphatic heterocycles. The van der Waals surface area contributed by atoms with E-state index in [1.165, 1.54) is 29.5 Å². The lowest BCUT2D eigenvalue weighted by Gasteiger charge is -2.10.